The van der Waals surface area contributed by atoms with Crippen LogP contribution in [0.25, 0.3) is 0 Å². The highest BCUT2D eigenvalue weighted by Crippen LogP contribution is 2.04. The van der Waals surface area contributed by atoms with Gasteiger partial charge in [0.1, 0.15) is 0 Å². The summed E-state index contributed by atoms with van der Waals surface area (Å²) in [6, 6.07) is 1.91. The van der Waals surface area contributed by atoms with Crippen molar-refractivity contribution in [3.63, 3.8) is 0 Å². The van der Waals surface area contributed by atoms with Gasteiger partial charge in [0.25, 0.3) is 0 Å². The number of ether oxygens (including phenoxy) is 1. The molecule has 18 heavy (non-hydrogen) atoms. The second kappa shape index (κ2) is 7.00. The van der Waals surface area contributed by atoms with Crippen LogP contribution in [0.3, 0.4) is 0 Å². The van der Waals surface area contributed by atoms with Gasteiger partial charge in [0.15, 0.2) is 5.96 Å². The van der Waals surface area contributed by atoms with Crippen LogP contribution in [0.15, 0.2) is 23.5 Å². The number of methoxy groups -OCH3 is 1. The minimum atomic E-state index is -0.209. The minimum absolute atomic E-state index is 0.209. The topological polar surface area (TPSA) is 63.5 Å². The van der Waals surface area contributed by atoms with Gasteiger partial charge in [-0.05, 0) is 19.9 Å². The molecule has 0 aliphatic rings. The van der Waals surface area contributed by atoms with Gasteiger partial charge in [0, 0.05) is 39.6 Å². The Morgan fingerprint density at radius 2 is 2.22 bits per heavy atom. The lowest BCUT2D eigenvalue weighted by Crippen LogP contribution is -2.45. The maximum Gasteiger partial charge on any atom is 0.191 e. The van der Waals surface area contributed by atoms with Crippen LogP contribution in [-0.4, -0.2) is 48.6 Å². The summed E-state index contributed by atoms with van der Waals surface area (Å²) in [6.07, 6.45) is 3.71. The Morgan fingerprint density at radius 1 is 1.44 bits per heavy atom. The predicted molar refractivity (Wildman–Crippen MR) is 72.7 cm³/mol. The Hall–Kier alpha value is -1.56. The van der Waals surface area contributed by atoms with Crippen LogP contribution in [0.5, 0.6) is 0 Å². The monoisotopic (exact) mass is 253 g/mol. The number of aliphatic imine (C=N–C) groups is 1. The standard InChI is InChI=1S/C12H23N5O/c1-12(2,18-4)10-15-11(13-3)14-7-9-17-8-5-6-16-17/h5-6,8H,7,9-10H2,1-4H3,(H2,13,14,15). The molecule has 1 aromatic rings. The average Bonchev–Trinajstić information content (AvgIpc) is 2.86. The number of hydrogen-bond donors (Lipinski definition) is 2. The molecule has 0 aromatic carbocycles. The molecule has 0 radical (unpaired) electrons. The summed E-state index contributed by atoms with van der Waals surface area (Å²) in [5.41, 5.74) is -0.209. The van der Waals surface area contributed by atoms with Gasteiger partial charge < -0.3 is 15.4 Å². The van der Waals surface area contributed by atoms with Crippen molar-refractivity contribution < 1.29 is 4.74 Å². The summed E-state index contributed by atoms with van der Waals surface area (Å²) in [7, 11) is 3.46. The van der Waals surface area contributed by atoms with Crippen molar-refractivity contribution in [2.24, 2.45) is 4.99 Å². The van der Waals surface area contributed by atoms with E-state index in [0.717, 1.165) is 19.0 Å². The SMILES string of the molecule is CN=C(NCCn1cccn1)NCC(C)(C)OC. The molecule has 0 unspecified atom stereocenters. The number of hydrogen-bond acceptors (Lipinski definition) is 3. The van der Waals surface area contributed by atoms with E-state index in [4.69, 9.17) is 4.74 Å². The molecule has 1 heterocycles. The molecule has 102 valence electrons. The van der Waals surface area contributed by atoms with E-state index >= 15 is 0 Å². The maximum absolute atomic E-state index is 5.34. The van der Waals surface area contributed by atoms with Gasteiger partial charge in [-0.2, -0.15) is 5.10 Å². The molecule has 0 aliphatic carbocycles. The van der Waals surface area contributed by atoms with Gasteiger partial charge in [-0.1, -0.05) is 0 Å². The molecule has 0 amide bonds. The lowest BCUT2D eigenvalue weighted by atomic mass is 10.1. The highest BCUT2D eigenvalue weighted by molar-refractivity contribution is 5.79. The summed E-state index contributed by atoms with van der Waals surface area (Å²) in [6.45, 7) is 6.33. The lowest BCUT2D eigenvalue weighted by Gasteiger charge is -2.24. The second-order valence-corrected chi connectivity index (χ2v) is 4.59. The molecule has 0 fully saturated rings. The largest absolute Gasteiger partial charge is 0.377 e. The molecule has 1 aromatic heterocycles. The summed E-state index contributed by atoms with van der Waals surface area (Å²) in [4.78, 5) is 4.15. The Balaban J connectivity index is 2.26. The molecule has 0 spiro atoms. The van der Waals surface area contributed by atoms with Crippen molar-refractivity contribution in [3.8, 4) is 0 Å². The second-order valence-electron chi connectivity index (χ2n) is 4.59. The van der Waals surface area contributed by atoms with Gasteiger partial charge in [0.2, 0.25) is 0 Å². The van der Waals surface area contributed by atoms with Gasteiger partial charge in [-0.3, -0.25) is 9.67 Å². The molecule has 0 aliphatic heterocycles. The molecular formula is C12H23N5O. The van der Waals surface area contributed by atoms with Crippen molar-refractivity contribution in [1.82, 2.24) is 20.4 Å². The molecule has 2 N–H and O–H groups in total. The van der Waals surface area contributed by atoms with E-state index < -0.39 is 0 Å². The fourth-order valence-electron chi connectivity index (χ4n) is 1.31. The number of nitrogens with zero attached hydrogens (tertiary/aromatic N) is 3. The first kappa shape index (κ1) is 14.5. The highest BCUT2D eigenvalue weighted by Gasteiger charge is 2.16. The van der Waals surface area contributed by atoms with Gasteiger partial charge >= 0.3 is 0 Å². The Kier molecular flexibility index (Phi) is 5.64. The van der Waals surface area contributed by atoms with Crippen LogP contribution < -0.4 is 10.6 Å². The summed E-state index contributed by atoms with van der Waals surface area (Å²) in [5, 5.41) is 10.6. The van der Waals surface area contributed by atoms with Crippen molar-refractivity contribution in [1.29, 1.82) is 0 Å². The first-order valence-electron chi connectivity index (χ1n) is 6.04. The van der Waals surface area contributed by atoms with E-state index in [1.165, 1.54) is 0 Å². The molecule has 0 saturated carbocycles. The molecular weight excluding hydrogens is 230 g/mol. The third kappa shape index (κ3) is 5.18. The lowest BCUT2D eigenvalue weighted by molar-refractivity contribution is 0.0268. The third-order valence-electron chi connectivity index (χ3n) is 2.65. The quantitative estimate of drug-likeness (QED) is 0.571. The fraction of sp³-hybridized carbons (Fsp3) is 0.667. The summed E-state index contributed by atoms with van der Waals surface area (Å²) in [5.74, 6) is 0.771. The normalized spacial score (nSPS) is 12.6. The van der Waals surface area contributed by atoms with Crippen LogP contribution in [0, 0.1) is 0 Å². The van der Waals surface area contributed by atoms with Crippen LogP contribution in [0.1, 0.15) is 13.8 Å². The van der Waals surface area contributed by atoms with Crippen molar-refractivity contribution in [3.05, 3.63) is 18.5 Å². The number of nitrogens with one attached hydrogen (secondary N) is 2. The zero-order chi connectivity index (χ0) is 13.4. The van der Waals surface area contributed by atoms with E-state index in [-0.39, 0.29) is 5.60 Å². The zero-order valence-electron chi connectivity index (χ0n) is 11.6. The van der Waals surface area contributed by atoms with E-state index in [2.05, 4.69) is 20.7 Å². The van der Waals surface area contributed by atoms with Gasteiger partial charge in [0.05, 0.1) is 12.1 Å². The summed E-state index contributed by atoms with van der Waals surface area (Å²) < 4.78 is 7.21. The van der Waals surface area contributed by atoms with E-state index in [0.29, 0.717) is 6.54 Å². The highest BCUT2D eigenvalue weighted by atomic mass is 16.5. The first-order valence-corrected chi connectivity index (χ1v) is 6.04. The van der Waals surface area contributed by atoms with Gasteiger partial charge in [-0.25, -0.2) is 0 Å². The molecule has 0 atom stereocenters. The molecule has 6 nitrogen and oxygen atoms in total. The molecule has 0 bridgehead atoms. The average molecular weight is 253 g/mol. The number of guanidine groups is 1. The Labute approximate surface area is 108 Å². The van der Waals surface area contributed by atoms with Crippen LogP contribution in [-0.2, 0) is 11.3 Å². The van der Waals surface area contributed by atoms with E-state index in [1.807, 2.05) is 30.8 Å². The smallest absolute Gasteiger partial charge is 0.191 e. The number of aromatic nitrogens is 2. The summed E-state index contributed by atoms with van der Waals surface area (Å²) >= 11 is 0. The first-order chi connectivity index (χ1) is 8.57. The third-order valence-corrected chi connectivity index (χ3v) is 2.65. The van der Waals surface area contributed by atoms with Crippen LogP contribution in [0.4, 0.5) is 0 Å². The van der Waals surface area contributed by atoms with Crippen LogP contribution in [0.2, 0.25) is 0 Å². The molecule has 6 heteroatoms. The number of rotatable bonds is 6. The maximum atomic E-state index is 5.34. The van der Waals surface area contributed by atoms with Gasteiger partial charge in [-0.15, -0.1) is 0 Å². The fourth-order valence-corrected chi connectivity index (χ4v) is 1.31. The molecule has 0 saturated heterocycles. The van der Waals surface area contributed by atoms with Crippen molar-refractivity contribution in [2.75, 3.05) is 27.2 Å². The van der Waals surface area contributed by atoms with Crippen LogP contribution >= 0.6 is 0 Å². The Morgan fingerprint density at radius 3 is 2.78 bits per heavy atom. The molecule has 1 rings (SSSR count). The zero-order valence-corrected chi connectivity index (χ0v) is 11.6. The van der Waals surface area contributed by atoms with E-state index in [9.17, 15) is 0 Å². The van der Waals surface area contributed by atoms with Crippen molar-refractivity contribution in [2.45, 2.75) is 26.0 Å². The van der Waals surface area contributed by atoms with E-state index in [1.54, 1.807) is 20.4 Å². The Bertz CT molecular complexity index is 359. The predicted octanol–water partition coefficient (Wildman–Crippen LogP) is 0.473. The minimum Gasteiger partial charge on any atom is -0.377 e. The van der Waals surface area contributed by atoms with Crippen molar-refractivity contribution >= 4 is 5.96 Å².